The van der Waals surface area contributed by atoms with Gasteiger partial charge < -0.3 is 20.1 Å². The van der Waals surface area contributed by atoms with Crippen LogP contribution in [0.5, 0.6) is 5.75 Å². The van der Waals surface area contributed by atoms with Crippen LogP contribution in [0.15, 0.2) is 72.8 Å². The molecule has 4 aromatic rings. The van der Waals surface area contributed by atoms with Crippen molar-refractivity contribution in [2.24, 2.45) is 0 Å². The van der Waals surface area contributed by atoms with Crippen LogP contribution >= 0.6 is 23.2 Å². The number of aromatic carboxylic acids is 1. The monoisotopic (exact) mass is 577 g/mol. The summed E-state index contributed by atoms with van der Waals surface area (Å²) in [7, 11) is 1.54. The molecule has 4 rings (SSSR count). The highest BCUT2D eigenvalue weighted by atomic mass is 35.5. The molecule has 3 aromatic carbocycles. The van der Waals surface area contributed by atoms with Gasteiger partial charge in [-0.15, -0.1) is 0 Å². The minimum atomic E-state index is -1.07. The maximum atomic E-state index is 12.8. The average Bonchev–Trinajstić information content (AvgIpc) is 2.94. The molecule has 10 heteroatoms. The lowest BCUT2D eigenvalue weighted by atomic mass is 10.1. The number of benzene rings is 3. The summed E-state index contributed by atoms with van der Waals surface area (Å²) in [5, 5.41) is 13.2. The van der Waals surface area contributed by atoms with Gasteiger partial charge in [0.2, 0.25) is 11.8 Å². The van der Waals surface area contributed by atoms with Crippen molar-refractivity contribution in [3.63, 3.8) is 0 Å². The van der Waals surface area contributed by atoms with Gasteiger partial charge in [0.05, 0.1) is 22.8 Å². The zero-order valence-corrected chi connectivity index (χ0v) is 23.2. The summed E-state index contributed by atoms with van der Waals surface area (Å²) in [5.74, 6) is -1.42. The molecule has 1 aromatic heterocycles. The molecule has 0 bridgehead atoms. The number of aryl methyl sites for hydroxylation is 1. The molecule has 0 aliphatic heterocycles. The fraction of sp³-hybridized carbons (Fsp3) is 0.133. The van der Waals surface area contributed by atoms with Gasteiger partial charge in [0, 0.05) is 34.8 Å². The fourth-order valence-electron chi connectivity index (χ4n) is 3.88. The third-order valence-corrected chi connectivity index (χ3v) is 6.85. The second-order valence-electron chi connectivity index (χ2n) is 8.86. The van der Waals surface area contributed by atoms with Gasteiger partial charge in [0.1, 0.15) is 17.9 Å². The Morgan fingerprint density at radius 3 is 2.60 bits per heavy atom. The molecule has 2 N–H and O–H groups in total. The van der Waals surface area contributed by atoms with Gasteiger partial charge in [-0.2, -0.15) is 0 Å². The molecule has 0 saturated heterocycles. The van der Waals surface area contributed by atoms with Crippen molar-refractivity contribution < 1.29 is 24.2 Å². The van der Waals surface area contributed by atoms with Crippen molar-refractivity contribution in [3.8, 4) is 5.75 Å². The van der Waals surface area contributed by atoms with Gasteiger partial charge in [-0.05, 0) is 55.0 Å². The Kier molecular flexibility index (Phi) is 9.04. The van der Waals surface area contributed by atoms with Crippen LogP contribution in [-0.2, 0) is 16.2 Å². The van der Waals surface area contributed by atoms with Crippen LogP contribution < -0.4 is 15.0 Å². The summed E-state index contributed by atoms with van der Waals surface area (Å²) in [5.41, 5.74) is 3.12. The fourth-order valence-corrected chi connectivity index (χ4v) is 4.49. The Morgan fingerprint density at radius 2 is 1.82 bits per heavy atom. The number of hydrogen-bond donors (Lipinski definition) is 2. The highest BCUT2D eigenvalue weighted by molar-refractivity contribution is 6.38. The molecule has 2 amide bonds. The van der Waals surface area contributed by atoms with E-state index in [0.717, 1.165) is 16.6 Å². The summed E-state index contributed by atoms with van der Waals surface area (Å²) in [4.78, 5) is 42.1. The molecule has 0 radical (unpaired) electrons. The topological polar surface area (TPSA) is 109 Å². The van der Waals surface area contributed by atoms with Crippen molar-refractivity contribution in [3.05, 3.63) is 105 Å². The molecule has 0 fully saturated rings. The Hall–Kier alpha value is -4.40. The first-order chi connectivity index (χ1) is 19.1. The van der Waals surface area contributed by atoms with Crippen LogP contribution in [0.2, 0.25) is 10.0 Å². The zero-order chi connectivity index (χ0) is 28.8. The van der Waals surface area contributed by atoms with E-state index < -0.39 is 17.8 Å². The summed E-state index contributed by atoms with van der Waals surface area (Å²) in [6.45, 7) is 1.66. The number of aromatic nitrogens is 1. The molecule has 0 aliphatic rings. The first-order valence-electron chi connectivity index (χ1n) is 12.2. The van der Waals surface area contributed by atoms with E-state index in [2.05, 4.69) is 10.3 Å². The SMILES string of the molecule is Cc1ccc2cccc(OCc3c(Cl)ccc(N(C)C(=O)CNC(=O)C=Cc4cccc(C(=O)O)c4)c3Cl)c2n1. The molecule has 0 aliphatic carbocycles. The number of anilines is 1. The highest BCUT2D eigenvalue weighted by Crippen LogP contribution is 2.35. The van der Waals surface area contributed by atoms with Crippen molar-refractivity contribution in [2.45, 2.75) is 13.5 Å². The predicted octanol–water partition coefficient (Wildman–Crippen LogP) is 5.92. The number of rotatable bonds is 9. The summed E-state index contributed by atoms with van der Waals surface area (Å²) >= 11 is 13.1. The lowest BCUT2D eigenvalue weighted by Gasteiger charge is -2.21. The predicted molar refractivity (Wildman–Crippen MR) is 156 cm³/mol. The third kappa shape index (κ3) is 6.77. The number of nitrogens with one attached hydrogen (secondary N) is 1. The van der Waals surface area contributed by atoms with Crippen LogP contribution in [-0.4, -0.2) is 41.5 Å². The normalized spacial score (nSPS) is 11.0. The molecule has 0 atom stereocenters. The van der Waals surface area contributed by atoms with Gasteiger partial charge >= 0.3 is 5.97 Å². The molecule has 204 valence electrons. The standard InChI is InChI=1S/C30H25Cl2N3O5/c1-18-9-11-20-6-4-8-25(29(20)34-18)40-17-22-23(31)12-13-24(28(22)32)35(2)27(37)16-33-26(36)14-10-19-5-3-7-21(15-19)30(38)39/h3-15H,16-17H2,1-2H3,(H,33,36)(H,38,39). The maximum Gasteiger partial charge on any atom is 0.335 e. The Morgan fingerprint density at radius 1 is 1.05 bits per heavy atom. The number of amides is 2. The van der Waals surface area contributed by atoms with Crippen LogP contribution in [0.3, 0.4) is 0 Å². The van der Waals surface area contributed by atoms with Gasteiger partial charge in [0.15, 0.2) is 0 Å². The number of likely N-dealkylation sites (N-methyl/N-ethyl adjacent to an activating group) is 1. The Labute approximate surface area is 240 Å². The quantitative estimate of drug-likeness (QED) is 0.239. The van der Waals surface area contributed by atoms with Gasteiger partial charge in [-0.1, -0.05) is 53.5 Å². The highest BCUT2D eigenvalue weighted by Gasteiger charge is 2.19. The number of pyridine rings is 1. The number of carbonyl (C=O) groups excluding carboxylic acids is 2. The van der Waals surface area contributed by atoms with Crippen LogP contribution in [0.1, 0.15) is 27.2 Å². The van der Waals surface area contributed by atoms with Gasteiger partial charge in [-0.25, -0.2) is 9.78 Å². The van der Waals surface area contributed by atoms with E-state index in [0.29, 0.717) is 27.6 Å². The Bertz CT molecular complexity index is 1640. The number of ether oxygens (including phenoxy) is 1. The molecule has 0 spiro atoms. The number of hydrogen-bond acceptors (Lipinski definition) is 5. The second kappa shape index (κ2) is 12.6. The molecule has 0 unspecified atom stereocenters. The smallest absolute Gasteiger partial charge is 0.335 e. The second-order valence-corrected chi connectivity index (χ2v) is 9.65. The van der Waals surface area contributed by atoms with E-state index in [1.807, 2.05) is 37.3 Å². The minimum absolute atomic E-state index is 0.0485. The lowest BCUT2D eigenvalue weighted by molar-refractivity contribution is -0.122. The third-order valence-electron chi connectivity index (χ3n) is 6.07. The van der Waals surface area contributed by atoms with E-state index in [1.165, 1.54) is 29.2 Å². The van der Waals surface area contributed by atoms with E-state index in [9.17, 15) is 14.4 Å². The van der Waals surface area contributed by atoms with Crippen LogP contribution in [0, 0.1) is 6.92 Å². The van der Waals surface area contributed by atoms with Crippen molar-refractivity contribution >= 4 is 63.7 Å². The van der Waals surface area contributed by atoms with Crippen molar-refractivity contribution in [1.29, 1.82) is 0 Å². The lowest BCUT2D eigenvalue weighted by Crippen LogP contribution is -2.37. The number of carboxylic acid groups (broad SMARTS) is 1. The average molecular weight is 578 g/mol. The summed E-state index contributed by atoms with van der Waals surface area (Å²) < 4.78 is 6.05. The maximum absolute atomic E-state index is 12.8. The molecule has 40 heavy (non-hydrogen) atoms. The molecule has 8 nitrogen and oxygen atoms in total. The number of halogens is 2. The minimum Gasteiger partial charge on any atom is -0.487 e. The molecule has 0 saturated carbocycles. The molecular formula is C30H25Cl2N3O5. The number of fused-ring (bicyclic) bond motifs is 1. The zero-order valence-electron chi connectivity index (χ0n) is 21.7. The first-order valence-corrected chi connectivity index (χ1v) is 12.9. The molecular weight excluding hydrogens is 553 g/mol. The summed E-state index contributed by atoms with van der Waals surface area (Å²) in [6, 6.07) is 18.9. The van der Waals surface area contributed by atoms with Crippen molar-refractivity contribution in [2.75, 3.05) is 18.5 Å². The number of carbonyl (C=O) groups is 3. The van der Waals surface area contributed by atoms with Crippen molar-refractivity contribution in [1.82, 2.24) is 10.3 Å². The molecule has 1 heterocycles. The van der Waals surface area contributed by atoms with Gasteiger partial charge in [0.25, 0.3) is 0 Å². The number of nitrogens with zero attached hydrogens (tertiary/aromatic N) is 2. The van der Waals surface area contributed by atoms with E-state index >= 15 is 0 Å². The first kappa shape index (κ1) is 28.6. The number of carboxylic acids is 1. The van der Waals surface area contributed by atoms with E-state index in [-0.39, 0.29) is 23.7 Å². The van der Waals surface area contributed by atoms with Crippen LogP contribution in [0.4, 0.5) is 5.69 Å². The number of para-hydroxylation sites is 1. The van der Waals surface area contributed by atoms with E-state index in [4.69, 9.17) is 33.0 Å². The van der Waals surface area contributed by atoms with Gasteiger partial charge in [-0.3, -0.25) is 9.59 Å². The largest absolute Gasteiger partial charge is 0.487 e. The van der Waals surface area contributed by atoms with Crippen LogP contribution in [0.25, 0.3) is 17.0 Å². The Balaban J connectivity index is 1.41. The van der Waals surface area contributed by atoms with E-state index in [1.54, 1.807) is 31.3 Å². The summed E-state index contributed by atoms with van der Waals surface area (Å²) in [6.07, 6.45) is 2.69.